The van der Waals surface area contributed by atoms with Crippen molar-refractivity contribution in [2.75, 3.05) is 6.54 Å². The van der Waals surface area contributed by atoms with E-state index in [1.807, 2.05) is 6.20 Å². The third-order valence-electron chi connectivity index (χ3n) is 4.11. The number of hydrogen-bond donors (Lipinski definition) is 2. The average molecular weight is 235 g/mol. The smallest absolute Gasteiger partial charge is 0.0522 e. The number of aromatic amines is 1. The third kappa shape index (κ3) is 3.32. The summed E-state index contributed by atoms with van der Waals surface area (Å²) in [6.45, 7) is 7.90. The molecule has 0 saturated heterocycles. The van der Waals surface area contributed by atoms with Gasteiger partial charge in [-0.05, 0) is 56.6 Å². The maximum absolute atomic E-state index is 4.05. The Labute approximate surface area is 104 Å². The van der Waals surface area contributed by atoms with Crippen LogP contribution in [0.4, 0.5) is 0 Å². The minimum absolute atomic E-state index is 0.785. The fourth-order valence-electron chi connectivity index (χ4n) is 2.59. The lowest BCUT2D eigenvalue weighted by Gasteiger charge is -2.38. The molecule has 0 aliphatic heterocycles. The second kappa shape index (κ2) is 5.67. The first-order valence-corrected chi connectivity index (χ1v) is 6.89. The molecule has 2 N–H and O–H groups in total. The molecule has 2 rings (SSSR count). The number of nitrogens with one attached hydrogen (secondary N) is 2. The molecule has 3 heteroatoms. The van der Waals surface area contributed by atoms with Crippen LogP contribution in [0.1, 0.15) is 44.4 Å². The van der Waals surface area contributed by atoms with Gasteiger partial charge in [0.05, 0.1) is 6.20 Å². The summed E-state index contributed by atoms with van der Waals surface area (Å²) in [6.07, 6.45) is 7.05. The van der Waals surface area contributed by atoms with E-state index in [1.165, 1.54) is 30.5 Å². The van der Waals surface area contributed by atoms with Gasteiger partial charge in [-0.1, -0.05) is 13.8 Å². The predicted octanol–water partition coefficient (Wildman–Crippen LogP) is 2.67. The first-order chi connectivity index (χ1) is 8.16. The number of H-pyrrole nitrogens is 1. The van der Waals surface area contributed by atoms with Crippen LogP contribution in [0.2, 0.25) is 0 Å². The third-order valence-corrected chi connectivity index (χ3v) is 4.11. The first-order valence-electron chi connectivity index (χ1n) is 6.89. The van der Waals surface area contributed by atoms with Crippen LogP contribution in [0.15, 0.2) is 6.20 Å². The normalized spacial score (nSPS) is 24.0. The Kier molecular flexibility index (Phi) is 4.21. The number of aryl methyl sites for hydroxylation is 2. The molecule has 1 aromatic rings. The van der Waals surface area contributed by atoms with E-state index >= 15 is 0 Å². The van der Waals surface area contributed by atoms with Crippen LogP contribution in [0.25, 0.3) is 0 Å². The van der Waals surface area contributed by atoms with Gasteiger partial charge in [0.15, 0.2) is 0 Å². The summed E-state index contributed by atoms with van der Waals surface area (Å²) in [4.78, 5) is 0. The van der Waals surface area contributed by atoms with Gasteiger partial charge in [-0.15, -0.1) is 0 Å². The Morgan fingerprint density at radius 2 is 2.24 bits per heavy atom. The quantitative estimate of drug-likeness (QED) is 0.744. The molecule has 1 fully saturated rings. The molecule has 0 bridgehead atoms. The van der Waals surface area contributed by atoms with Crippen molar-refractivity contribution in [3.63, 3.8) is 0 Å². The predicted molar refractivity (Wildman–Crippen MR) is 71.0 cm³/mol. The van der Waals surface area contributed by atoms with E-state index < -0.39 is 0 Å². The van der Waals surface area contributed by atoms with Gasteiger partial charge >= 0.3 is 0 Å². The van der Waals surface area contributed by atoms with Crippen molar-refractivity contribution in [3.8, 4) is 0 Å². The van der Waals surface area contributed by atoms with Crippen LogP contribution in [0, 0.1) is 18.8 Å². The van der Waals surface area contributed by atoms with E-state index in [0.29, 0.717) is 0 Å². The van der Waals surface area contributed by atoms with Gasteiger partial charge in [-0.25, -0.2) is 0 Å². The van der Waals surface area contributed by atoms with Crippen molar-refractivity contribution < 1.29 is 0 Å². The topological polar surface area (TPSA) is 40.7 Å². The van der Waals surface area contributed by atoms with Gasteiger partial charge in [0, 0.05) is 11.7 Å². The molecule has 1 aliphatic rings. The fourth-order valence-corrected chi connectivity index (χ4v) is 2.59. The highest BCUT2D eigenvalue weighted by atomic mass is 15.1. The van der Waals surface area contributed by atoms with Crippen molar-refractivity contribution in [2.24, 2.45) is 11.8 Å². The highest BCUT2D eigenvalue weighted by Gasteiger charge is 2.30. The van der Waals surface area contributed by atoms with E-state index in [1.54, 1.807) is 0 Å². The second-order valence-electron chi connectivity index (χ2n) is 5.75. The van der Waals surface area contributed by atoms with E-state index in [2.05, 4.69) is 36.3 Å². The molecular formula is C14H25N3. The summed E-state index contributed by atoms with van der Waals surface area (Å²) < 4.78 is 0. The molecule has 1 aromatic heterocycles. The highest BCUT2D eigenvalue weighted by molar-refractivity contribution is 5.14. The molecule has 0 atom stereocenters. The first kappa shape index (κ1) is 12.6. The van der Waals surface area contributed by atoms with E-state index in [0.717, 1.165) is 30.8 Å². The zero-order chi connectivity index (χ0) is 12.3. The van der Waals surface area contributed by atoms with Gasteiger partial charge in [0.2, 0.25) is 0 Å². The Morgan fingerprint density at radius 1 is 1.47 bits per heavy atom. The van der Waals surface area contributed by atoms with Gasteiger partial charge in [0.1, 0.15) is 0 Å². The van der Waals surface area contributed by atoms with Gasteiger partial charge in [-0.2, -0.15) is 5.10 Å². The lowest BCUT2D eigenvalue weighted by Crippen LogP contribution is -2.43. The molecule has 1 aliphatic carbocycles. The minimum Gasteiger partial charge on any atom is -0.314 e. The molecule has 0 radical (unpaired) electrons. The summed E-state index contributed by atoms with van der Waals surface area (Å²) in [5.74, 6) is 1.82. The van der Waals surface area contributed by atoms with Gasteiger partial charge in [0.25, 0.3) is 0 Å². The van der Waals surface area contributed by atoms with Crippen LogP contribution >= 0.6 is 0 Å². The van der Waals surface area contributed by atoms with Crippen molar-refractivity contribution >= 4 is 0 Å². The zero-order valence-electron chi connectivity index (χ0n) is 11.3. The van der Waals surface area contributed by atoms with Crippen molar-refractivity contribution in [1.29, 1.82) is 0 Å². The van der Waals surface area contributed by atoms with Gasteiger partial charge in [-0.3, -0.25) is 5.10 Å². The molecule has 17 heavy (non-hydrogen) atoms. The van der Waals surface area contributed by atoms with Crippen LogP contribution in [0.5, 0.6) is 0 Å². The van der Waals surface area contributed by atoms with Crippen LogP contribution in [0.3, 0.4) is 0 Å². The van der Waals surface area contributed by atoms with Crippen LogP contribution in [-0.2, 0) is 6.42 Å². The Morgan fingerprint density at radius 3 is 2.82 bits per heavy atom. The number of nitrogens with zero attached hydrogens (tertiary/aromatic N) is 1. The summed E-state index contributed by atoms with van der Waals surface area (Å²) in [5.41, 5.74) is 2.58. The van der Waals surface area contributed by atoms with Crippen molar-refractivity contribution in [3.05, 3.63) is 17.5 Å². The van der Waals surface area contributed by atoms with E-state index in [-0.39, 0.29) is 0 Å². The average Bonchev–Trinajstić information content (AvgIpc) is 2.60. The summed E-state index contributed by atoms with van der Waals surface area (Å²) >= 11 is 0. The highest BCUT2D eigenvalue weighted by Crippen LogP contribution is 2.33. The largest absolute Gasteiger partial charge is 0.314 e. The summed E-state index contributed by atoms with van der Waals surface area (Å²) in [7, 11) is 0. The van der Waals surface area contributed by atoms with Crippen LogP contribution < -0.4 is 5.32 Å². The van der Waals surface area contributed by atoms with Crippen molar-refractivity contribution in [1.82, 2.24) is 15.5 Å². The maximum atomic E-state index is 4.05. The Hall–Kier alpha value is -0.830. The standard InChI is InChI=1S/C14H25N3/c1-10(2)13-7-14(8-13)15-6-4-5-12-9-16-17-11(12)3/h9-10,13-15H,4-8H2,1-3H3,(H,16,17). The maximum Gasteiger partial charge on any atom is 0.0522 e. The van der Waals surface area contributed by atoms with Crippen molar-refractivity contribution in [2.45, 2.75) is 52.5 Å². The molecule has 96 valence electrons. The molecule has 0 amide bonds. The fraction of sp³-hybridized carbons (Fsp3) is 0.786. The van der Waals surface area contributed by atoms with E-state index in [9.17, 15) is 0 Å². The summed E-state index contributed by atoms with van der Waals surface area (Å²) in [5, 5.41) is 10.7. The SMILES string of the molecule is Cc1[nH]ncc1CCCNC1CC(C(C)C)C1. The number of aromatic nitrogens is 2. The Bertz CT molecular complexity index is 337. The molecule has 1 heterocycles. The molecule has 3 nitrogen and oxygen atoms in total. The van der Waals surface area contributed by atoms with E-state index in [4.69, 9.17) is 0 Å². The van der Waals surface area contributed by atoms with Crippen LogP contribution in [-0.4, -0.2) is 22.8 Å². The Balaban J connectivity index is 1.55. The molecular weight excluding hydrogens is 210 g/mol. The minimum atomic E-state index is 0.785. The second-order valence-corrected chi connectivity index (χ2v) is 5.75. The molecule has 0 aromatic carbocycles. The number of rotatable bonds is 6. The summed E-state index contributed by atoms with van der Waals surface area (Å²) in [6, 6.07) is 0.785. The number of hydrogen-bond acceptors (Lipinski definition) is 2. The monoisotopic (exact) mass is 235 g/mol. The van der Waals surface area contributed by atoms with Gasteiger partial charge < -0.3 is 5.32 Å². The lowest BCUT2D eigenvalue weighted by atomic mass is 9.74. The zero-order valence-corrected chi connectivity index (χ0v) is 11.3. The molecule has 0 unspecified atom stereocenters. The lowest BCUT2D eigenvalue weighted by molar-refractivity contribution is 0.169. The molecule has 0 spiro atoms. The molecule has 1 saturated carbocycles.